The first kappa shape index (κ1) is 13.9. The van der Waals surface area contributed by atoms with Crippen molar-refractivity contribution in [2.45, 2.75) is 0 Å². The molecule has 0 saturated heterocycles. The SMILES string of the molecule is COc1ccc(N(C)c2nc(=O)[nH]c3cccc(O)c23)cc1. The Morgan fingerprint density at radius 3 is 2.59 bits per heavy atom. The number of benzene rings is 2. The van der Waals surface area contributed by atoms with E-state index in [1.54, 1.807) is 37.3 Å². The maximum Gasteiger partial charge on any atom is 0.347 e. The summed E-state index contributed by atoms with van der Waals surface area (Å²) in [6, 6.07) is 12.3. The predicted octanol–water partition coefficient (Wildman–Crippen LogP) is 2.41. The largest absolute Gasteiger partial charge is 0.507 e. The Bertz CT molecular complexity index is 872. The highest BCUT2D eigenvalue weighted by molar-refractivity contribution is 5.95. The van der Waals surface area contributed by atoms with Crippen molar-refractivity contribution in [2.24, 2.45) is 0 Å². The van der Waals surface area contributed by atoms with Gasteiger partial charge in [-0.05, 0) is 36.4 Å². The van der Waals surface area contributed by atoms with Crippen LogP contribution in [0.15, 0.2) is 47.3 Å². The summed E-state index contributed by atoms with van der Waals surface area (Å²) < 4.78 is 5.13. The van der Waals surface area contributed by atoms with Gasteiger partial charge in [-0.2, -0.15) is 4.98 Å². The van der Waals surface area contributed by atoms with Crippen LogP contribution in [0.5, 0.6) is 11.5 Å². The minimum atomic E-state index is -0.464. The summed E-state index contributed by atoms with van der Waals surface area (Å²) in [5.74, 6) is 1.20. The Morgan fingerprint density at radius 1 is 1.18 bits per heavy atom. The van der Waals surface area contributed by atoms with Crippen molar-refractivity contribution in [1.29, 1.82) is 0 Å². The molecule has 0 saturated carbocycles. The molecule has 6 heteroatoms. The molecule has 0 amide bonds. The van der Waals surface area contributed by atoms with E-state index in [1.807, 2.05) is 24.3 Å². The second-order valence-electron chi connectivity index (χ2n) is 4.82. The van der Waals surface area contributed by atoms with E-state index in [2.05, 4.69) is 9.97 Å². The van der Waals surface area contributed by atoms with Crippen molar-refractivity contribution < 1.29 is 9.84 Å². The number of aromatic hydroxyl groups is 1. The predicted molar refractivity (Wildman–Crippen MR) is 85.1 cm³/mol. The topological polar surface area (TPSA) is 78.5 Å². The lowest BCUT2D eigenvalue weighted by molar-refractivity contribution is 0.415. The van der Waals surface area contributed by atoms with E-state index < -0.39 is 5.69 Å². The normalized spacial score (nSPS) is 10.6. The molecule has 3 rings (SSSR count). The summed E-state index contributed by atoms with van der Waals surface area (Å²) in [5, 5.41) is 10.6. The van der Waals surface area contributed by atoms with E-state index >= 15 is 0 Å². The highest BCUT2D eigenvalue weighted by atomic mass is 16.5. The number of nitrogens with zero attached hydrogens (tertiary/aromatic N) is 2. The van der Waals surface area contributed by atoms with E-state index in [9.17, 15) is 9.90 Å². The van der Waals surface area contributed by atoms with Gasteiger partial charge in [0.15, 0.2) is 5.82 Å². The molecule has 22 heavy (non-hydrogen) atoms. The van der Waals surface area contributed by atoms with Gasteiger partial charge in [0, 0.05) is 12.7 Å². The van der Waals surface area contributed by atoms with Crippen LogP contribution in [0.3, 0.4) is 0 Å². The summed E-state index contributed by atoms with van der Waals surface area (Å²) in [6.07, 6.45) is 0. The Labute approximate surface area is 126 Å². The number of ether oxygens (including phenoxy) is 1. The molecular formula is C16H15N3O3. The average molecular weight is 297 g/mol. The molecule has 6 nitrogen and oxygen atoms in total. The number of methoxy groups -OCH3 is 1. The number of phenols is 1. The van der Waals surface area contributed by atoms with E-state index in [0.717, 1.165) is 11.4 Å². The molecule has 0 aliphatic heterocycles. The molecule has 0 spiro atoms. The van der Waals surface area contributed by atoms with Crippen LogP contribution in [-0.4, -0.2) is 29.2 Å². The Morgan fingerprint density at radius 2 is 1.91 bits per heavy atom. The molecule has 1 heterocycles. The van der Waals surface area contributed by atoms with Crippen LogP contribution in [0.4, 0.5) is 11.5 Å². The maximum atomic E-state index is 11.8. The van der Waals surface area contributed by atoms with E-state index in [4.69, 9.17) is 4.74 Å². The lowest BCUT2D eigenvalue weighted by Gasteiger charge is -2.20. The molecule has 0 aliphatic rings. The molecule has 3 aromatic rings. The molecule has 0 aliphatic carbocycles. The molecular weight excluding hydrogens is 282 g/mol. The fourth-order valence-electron chi connectivity index (χ4n) is 2.35. The molecule has 0 radical (unpaired) electrons. The minimum absolute atomic E-state index is 0.0663. The molecule has 1 aromatic heterocycles. The van der Waals surface area contributed by atoms with Gasteiger partial charge >= 0.3 is 5.69 Å². The van der Waals surface area contributed by atoms with Crippen LogP contribution in [0, 0.1) is 0 Å². The first-order valence-electron chi connectivity index (χ1n) is 6.70. The number of anilines is 2. The van der Waals surface area contributed by atoms with E-state index in [1.165, 1.54) is 0 Å². The molecule has 0 unspecified atom stereocenters. The molecule has 0 atom stereocenters. The van der Waals surface area contributed by atoms with Gasteiger partial charge in [0.1, 0.15) is 11.5 Å². The van der Waals surface area contributed by atoms with Crippen LogP contribution in [-0.2, 0) is 0 Å². The Balaban J connectivity index is 2.17. The zero-order valence-electron chi connectivity index (χ0n) is 12.2. The van der Waals surface area contributed by atoms with Crippen LogP contribution in [0.1, 0.15) is 0 Å². The van der Waals surface area contributed by atoms with Gasteiger partial charge < -0.3 is 19.7 Å². The lowest BCUT2D eigenvalue weighted by Crippen LogP contribution is -2.19. The quantitative estimate of drug-likeness (QED) is 0.776. The van der Waals surface area contributed by atoms with Gasteiger partial charge in [0.2, 0.25) is 0 Å². The zero-order valence-corrected chi connectivity index (χ0v) is 12.2. The second kappa shape index (κ2) is 5.40. The fourth-order valence-corrected chi connectivity index (χ4v) is 2.35. The van der Waals surface area contributed by atoms with Gasteiger partial charge in [-0.1, -0.05) is 6.07 Å². The molecule has 112 valence electrons. The van der Waals surface area contributed by atoms with Gasteiger partial charge in [-0.15, -0.1) is 0 Å². The third-order valence-electron chi connectivity index (χ3n) is 3.49. The Hall–Kier alpha value is -3.02. The number of aromatic nitrogens is 2. The van der Waals surface area contributed by atoms with Crippen molar-refractivity contribution in [2.75, 3.05) is 19.1 Å². The third kappa shape index (κ3) is 2.35. The van der Waals surface area contributed by atoms with Gasteiger partial charge in [-0.25, -0.2) is 4.79 Å². The monoisotopic (exact) mass is 297 g/mol. The van der Waals surface area contributed by atoms with Gasteiger partial charge in [-0.3, -0.25) is 0 Å². The Kier molecular flexibility index (Phi) is 3.42. The molecule has 0 bridgehead atoms. The number of phenolic OH excluding ortho intramolecular Hbond substituents is 1. The highest BCUT2D eigenvalue weighted by Crippen LogP contribution is 2.33. The molecule has 2 N–H and O–H groups in total. The smallest absolute Gasteiger partial charge is 0.347 e. The van der Waals surface area contributed by atoms with Gasteiger partial charge in [0.05, 0.1) is 18.0 Å². The van der Waals surface area contributed by atoms with Crippen molar-refractivity contribution in [3.8, 4) is 11.5 Å². The number of nitrogens with one attached hydrogen (secondary N) is 1. The zero-order chi connectivity index (χ0) is 15.7. The van der Waals surface area contributed by atoms with Crippen LogP contribution >= 0.6 is 0 Å². The van der Waals surface area contributed by atoms with E-state index in [0.29, 0.717) is 16.7 Å². The lowest BCUT2D eigenvalue weighted by atomic mass is 10.2. The third-order valence-corrected chi connectivity index (χ3v) is 3.49. The average Bonchev–Trinajstić information content (AvgIpc) is 2.53. The number of hydrogen-bond acceptors (Lipinski definition) is 5. The van der Waals surface area contributed by atoms with Crippen molar-refractivity contribution in [1.82, 2.24) is 9.97 Å². The molecule has 2 aromatic carbocycles. The minimum Gasteiger partial charge on any atom is -0.507 e. The van der Waals surface area contributed by atoms with E-state index in [-0.39, 0.29) is 5.75 Å². The van der Waals surface area contributed by atoms with Crippen molar-refractivity contribution in [3.63, 3.8) is 0 Å². The summed E-state index contributed by atoms with van der Waals surface area (Å²) in [7, 11) is 3.39. The van der Waals surface area contributed by atoms with Gasteiger partial charge in [0.25, 0.3) is 0 Å². The fraction of sp³-hybridized carbons (Fsp3) is 0.125. The van der Waals surface area contributed by atoms with Crippen molar-refractivity contribution in [3.05, 3.63) is 52.9 Å². The number of H-pyrrole nitrogens is 1. The van der Waals surface area contributed by atoms with Crippen LogP contribution in [0.25, 0.3) is 10.9 Å². The number of fused-ring (bicyclic) bond motifs is 1. The standard InChI is InChI=1S/C16H15N3O3/c1-19(10-6-8-11(22-2)9-7-10)15-14-12(17-16(21)18-15)4-3-5-13(14)20/h3-9,20H,1-2H3,(H,17,18,21). The number of hydrogen-bond donors (Lipinski definition) is 2. The second-order valence-corrected chi connectivity index (χ2v) is 4.82. The number of aromatic amines is 1. The van der Waals surface area contributed by atoms with Crippen molar-refractivity contribution >= 4 is 22.4 Å². The molecule has 0 fully saturated rings. The van der Waals surface area contributed by atoms with Crippen LogP contribution in [0.2, 0.25) is 0 Å². The highest BCUT2D eigenvalue weighted by Gasteiger charge is 2.14. The summed E-state index contributed by atoms with van der Waals surface area (Å²) in [6.45, 7) is 0. The maximum absolute atomic E-state index is 11.8. The summed E-state index contributed by atoms with van der Waals surface area (Å²) >= 11 is 0. The summed E-state index contributed by atoms with van der Waals surface area (Å²) in [4.78, 5) is 20.1. The first-order valence-corrected chi connectivity index (χ1v) is 6.70. The first-order chi connectivity index (χ1) is 10.6. The summed E-state index contributed by atoms with van der Waals surface area (Å²) in [5.41, 5.74) is 0.896. The van der Waals surface area contributed by atoms with Crippen LogP contribution < -0.4 is 15.3 Å². The number of rotatable bonds is 3.